The Hall–Kier alpha value is -3.57. The molecule has 0 N–H and O–H groups in total. The molecular weight excluding hydrogens is 434 g/mol. The van der Waals surface area contributed by atoms with Crippen LogP contribution in [0.3, 0.4) is 0 Å². The molecule has 0 atom stereocenters. The number of carbonyl (C=O) groups excluding carboxylic acids is 1. The van der Waals surface area contributed by atoms with Crippen LogP contribution in [-0.4, -0.2) is 27.1 Å². The Bertz CT molecular complexity index is 1330. The Morgan fingerprint density at radius 3 is 2.70 bits per heavy atom. The SMILES string of the molecule is CC(=Cn1c2c(c3cc(Cl)ccc31)CN(C(=O)OCc1ccccc1)CC2)c1ccncc1. The van der Waals surface area contributed by atoms with Crippen LogP contribution >= 0.6 is 11.6 Å². The van der Waals surface area contributed by atoms with Gasteiger partial charge in [0.05, 0.1) is 12.1 Å². The highest BCUT2D eigenvalue weighted by atomic mass is 35.5. The van der Waals surface area contributed by atoms with Crippen molar-refractivity contribution in [3.05, 3.63) is 100 Å². The topological polar surface area (TPSA) is 47.4 Å². The van der Waals surface area contributed by atoms with E-state index in [4.69, 9.17) is 16.3 Å². The minimum absolute atomic E-state index is 0.268. The number of benzene rings is 2. The number of carbonyl (C=O) groups is 1. The molecule has 0 aliphatic carbocycles. The average molecular weight is 458 g/mol. The van der Waals surface area contributed by atoms with Gasteiger partial charge in [0.1, 0.15) is 6.61 Å². The van der Waals surface area contributed by atoms with Gasteiger partial charge in [0, 0.05) is 53.2 Å². The molecule has 2 aromatic carbocycles. The lowest BCUT2D eigenvalue weighted by molar-refractivity contribution is 0.0918. The zero-order valence-electron chi connectivity index (χ0n) is 18.4. The van der Waals surface area contributed by atoms with Crippen molar-refractivity contribution in [2.24, 2.45) is 0 Å². The fourth-order valence-corrected chi connectivity index (χ4v) is 4.53. The summed E-state index contributed by atoms with van der Waals surface area (Å²) in [5.74, 6) is 0. The van der Waals surface area contributed by atoms with Crippen LogP contribution in [0.1, 0.15) is 29.3 Å². The molecule has 0 saturated carbocycles. The third-order valence-corrected chi connectivity index (χ3v) is 6.31. The van der Waals surface area contributed by atoms with Crippen molar-refractivity contribution in [1.82, 2.24) is 14.5 Å². The van der Waals surface area contributed by atoms with Crippen LogP contribution in [0, 0.1) is 0 Å². The summed E-state index contributed by atoms with van der Waals surface area (Å²) in [5.41, 5.74) is 6.64. The van der Waals surface area contributed by atoms with Crippen molar-refractivity contribution in [2.45, 2.75) is 26.5 Å². The number of pyridine rings is 1. The number of hydrogen-bond acceptors (Lipinski definition) is 3. The van der Waals surface area contributed by atoms with Crippen molar-refractivity contribution < 1.29 is 9.53 Å². The molecule has 4 aromatic rings. The highest BCUT2D eigenvalue weighted by molar-refractivity contribution is 6.31. The molecule has 0 bridgehead atoms. The molecule has 2 aromatic heterocycles. The quantitative estimate of drug-likeness (QED) is 0.356. The second kappa shape index (κ2) is 9.12. The molecule has 33 heavy (non-hydrogen) atoms. The zero-order valence-corrected chi connectivity index (χ0v) is 19.1. The van der Waals surface area contributed by atoms with Gasteiger partial charge in [0.25, 0.3) is 0 Å². The van der Waals surface area contributed by atoms with Crippen LogP contribution in [0.15, 0.2) is 73.1 Å². The van der Waals surface area contributed by atoms with Crippen molar-refractivity contribution in [2.75, 3.05) is 6.54 Å². The molecule has 1 aliphatic heterocycles. The van der Waals surface area contributed by atoms with Gasteiger partial charge in [0.2, 0.25) is 0 Å². The second-order valence-electron chi connectivity index (χ2n) is 8.22. The maximum Gasteiger partial charge on any atom is 0.410 e. The Kier molecular flexibility index (Phi) is 5.88. The molecule has 0 fully saturated rings. The maximum atomic E-state index is 12.8. The normalized spacial score (nSPS) is 13.8. The summed E-state index contributed by atoms with van der Waals surface area (Å²) in [6.07, 6.45) is 6.20. The van der Waals surface area contributed by atoms with E-state index in [1.54, 1.807) is 17.3 Å². The molecule has 1 aliphatic rings. The highest BCUT2D eigenvalue weighted by Crippen LogP contribution is 2.34. The molecule has 166 valence electrons. The number of rotatable bonds is 4. The number of ether oxygens (including phenoxy) is 1. The van der Waals surface area contributed by atoms with E-state index in [-0.39, 0.29) is 12.7 Å². The number of hydrogen-bond donors (Lipinski definition) is 0. The van der Waals surface area contributed by atoms with E-state index < -0.39 is 0 Å². The highest BCUT2D eigenvalue weighted by Gasteiger charge is 2.27. The summed E-state index contributed by atoms with van der Waals surface area (Å²) >= 11 is 6.35. The summed E-state index contributed by atoms with van der Waals surface area (Å²) in [7, 11) is 0. The van der Waals surface area contributed by atoms with Gasteiger partial charge in [-0.3, -0.25) is 4.98 Å². The summed E-state index contributed by atoms with van der Waals surface area (Å²) in [5, 5.41) is 1.75. The van der Waals surface area contributed by atoms with Gasteiger partial charge < -0.3 is 14.2 Å². The van der Waals surface area contributed by atoms with Crippen LogP contribution in [0.5, 0.6) is 0 Å². The summed E-state index contributed by atoms with van der Waals surface area (Å²) in [4.78, 5) is 18.7. The van der Waals surface area contributed by atoms with Crippen molar-refractivity contribution in [3.63, 3.8) is 0 Å². The van der Waals surface area contributed by atoms with Gasteiger partial charge in [-0.15, -0.1) is 0 Å². The number of fused-ring (bicyclic) bond motifs is 3. The van der Waals surface area contributed by atoms with Crippen LogP contribution in [0.25, 0.3) is 22.7 Å². The monoisotopic (exact) mass is 457 g/mol. The molecule has 6 heteroatoms. The summed E-state index contributed by atoms with van der Waals surface area (Å²) in [6.45, 7) is 3.46. The number of amides is 1. The molecule has 5 rings (SSSR count). The van der Waals surface area contributed by atoms with E-state index in [1.165, 1.54) is 5.69 Å². The largest absolute Gasteiger partial charge is 0.445 e. The Labute approximate surface area is 197 Å². The van der Waals surface area contributed by atoms with Crippen molar-refractivity contribution >= 4 is 40.4 Å². The minimum atomic E-state index is -0.295. The number of halogens is 1. The zero-order chi connectivity index (χ0) is 22.8. The minimum Gasteiger partial charge on any atom is -0.445 e. The molecule has 0 unspecified atom stereocenters. The molecular formula is C27H24ClN3O2. The van der Waals surface area contributed by atoms with E-state index in [9.17, 15) is 4.79 Å². The van der Waals surface area contributed by atoms with Crippen LogP contribution < -0.4 is 0 Å². The first kappa shape index (κ1) is 21.3. The predicted molar refractivity (Wildman–Crippen MR) is 132 cm³/mol. The molecule has 0 spiro atoms. The second-order valence-corrected chi connectivity index (χ2v) is 8.65. The van der Waals surface area contributed by atoms with Gasteiger partial charge >= 0.3 is 6.09 Å². The third-order valence-electron chi connectivity index (χ3n) is 6.07. The summed E-state index contributed by atoms with van der Waals surface area (Å²) in [6, 6.07) is 19.7. The molecule has 0 radical (unpaired) electrons. The fraction of sp³-hybridized carbons (Fsp3) is 0.185. The van der Waals surface area contributed by atoms with E-state index >= 15 is 0 Å². The predicted octanol–water partition coefficient (Wildman–Crippen LogP) is 6.40. The van der Waals surface area contributed by atoms with E-state index in [0.717, 1.165) is 39.6 Å². The van der Waals surface area contributed by atoms with E-state index in [0.29, 0.717) is 18.1 Å². The lowest BCUT2D eigenvalue weighted by Crippen LogP contribution is -2.36. The number of aromatic nitrogens is 2. The van der Waals surface area contributed by atoms with Gasteiger partial charge in [-0.05, 0) is 54.0 Å². The molecule has 0 saturated heterocycles. The molecule has 1 amide bonds. The van der Waals surface area contributed by atoms with Gasteiger partial charge in [-0.1, -0.05) is 41.9 Å². The van der Waals surface area contributed by atoms with E-state index in [2.05, 4.69) is 22.7 Å². The average Bonchev–Trinajstić information content (AvgIpc) is 3.15. The van der Waals surface area contributed by atoms with Gasteiger partial charge in [-0.2, -0.15) is 0 Å². The van der Waals surface area contributed by atoms with Crippen LogP contribution in [-0.2, 0) is 24.3 Å². The first-order valence-electron chi connectivity index (χ1n) is 11.0. The smallest absolute Gasteiger partial charge is 0.410 e. The lowest BCUT2D eigenvalue weighted by atomic mass is 10.0. The van der Waals surface area contributed by atoms with Crippen LogP contribution in [0.2, 0.25) is 5.02 Å². The Morgan fingerprint density at radius 2 is 1.91 bits per heavy atom. The van der Waals surface area contributed by atoms with Crippen molar-refractivity contribution in [3.8, 4) is 0 Å². The third kappa shape index (κ3) is 4.37. The standard InChI is InChI=1S/C27H24ClN3O2/c1-19(21-9-12-29-13-10-21)16-31-25-8-7-22(28)15-23(25)24-17-30(14-11-26(24)31)27(32)33-18-20-5-3-2-4-6-20/h2-10,12-13,15-16H,11,14,17-18H2,1H3. The van der Waals surface area contributed by atoms with Crippen LogP contribution in [0.4, 0.5) is 4.79 Å². The molecule has 5 nitrogen and oxygen atoms in total. The van der Waals surface area contributed by atoms with Gasteiger partial charge in [-0.25, -0.2) is 4.79 Å². The Balaban J connectivity index is 1.46. The summed E-state index contributed by atoms with van der Waals surface area (Å²) < 4.78 is 7.82. The van der Waals surface area contributed by atoms with Gasteiger partial charge in [0.15, 0.2) is 0 Å². The molecule has 3 heterocycles. The number of allylic oxidation sites excluding steroid dienone is 1. The Morgan fingerprint density at radius 1 is 1.12 bits per heavy atom. The first-order valence-corrected chi connectivity index (χ1v) is 11.3. The maximum absolute atomic E-state index is 12.8. The first-order chi connectivity index (χ1) is 16.1. The lowest BCUT2D eigenvalue weighted by Gasteiger charge is -2.27. The van der Waals surface area contributed by atoms with Crippen molar-refractivity contribution in [1.29, 1.82) is 0 Å². The fourth-order valence-electron chi connectivity index (χ4n) is 4.36. The number of nitrogens with zero attached hydrogens (tertiary/aromatic N) is 3. The van der Waals surface area contributed by atoms with E-state index in [1.807, 2.05) is 60.7 Å².